The molecule has 0 amide bonds. The van der Waals surface area contributed by atoms with Crippen LogP contribution >= 0.6 is 0 Å². The Morgan fingerprint density at radius 1 is 1.00 bits per heavy atom. The normalized spacial score (nSPS) is 43.0. The molecule has 5 saturated heterocycles. The van der Waals surface area contributed by atoms with Crippen LogP contribution in [0.3, 0.4) is 0 Å². The maximum Gasteiger partial charge on any atom is 0.417 e. The highest BCUT2D eigenvalue weighted by atomic mass is 19.4. The summed E-state index contributed by atoms with van der Waals surface area (Å²) in [5, 5.41) is 31.6. The molecule has 7 N–H and O–H groups in total. The van der Waals surface area contributed by atoms with Crippen molar-refractivity contribution in [1.29, 1.82) is 5.26 Å². The third-order valence-corrected chi connectivity index (χ3v) is 10.9. The van der Waals surface area contributed by atoms with Gasteiger partial charge < -0.3 is 15.4 Å². The molecular weight excluding hydrogens is 549 g/mol. The Kier molecular flexibility index (Phi) is 8.45. The van der Waals surface area contributed by atoms with Gasteiger partial charge in [0.15, 0.2) is 6.17 Å². The Morgan fingerprint density at radius 3 is 2.55 bits per heavy atom. The van der Waals surface area contributed by atoms with Crippen LogP contribution in [0.2, 0.25) is 0 Å². The molecule has 7 atom stereocenters. The van der Waals surface area contributed by atoms with Gasteiger partial charge in [0.1, 0.15) is 6.23 Å². The van der Waals surface area contributed by atoms with Gasteiger partial charge in [-0.15, -0.1) is 0 Å². The van der Waals surface area contributed by atoms with E-state index in [1.165, 1.54) is 6.42 Å². The zero-order valence-corrected chi connectivity index (χ0v) is 24.3. The fraction of sp³-hybridized carbons (Fsp3) is 0.964. The van der Waals surface area contributed by atoms with Gasteiger partial charge in [0.2, 0.25) is 0 Å². The van der Waals surface area contributed by atoms with Crippen molar-refractivity contribution in [2.75, 3.05) is 39.4 Å². The number of nitriles is 1. The van der Waals surface area contributed by atoms with E-state index in [0.717, 1.165) is 77.9 Å². The number of ether oxygens (including phenoxy) is 1. The van der Waals surface area contributed by atoms with Crippen LogP contribution in [0, 0.1) is 23.2 Å². The second-order valence-corrected chi connectivity index (χ2v) is 13.8. The third-order valence-electron chi connectivity index (χ3n) is 10.9. The largest absolute Gasteiger partial charge is 0.417 e. The number of alkyl halides is 3. The molecule has 7 fully saturated rings. The van der Waals surface area contributed by atoms with Gasteiger partial charge in [0, 0.05) is 69.2 Å². The Balaban J connectivity index is 0.891. The smallest absolute Gasteiger partial charge is 0.360 e. The van der Waals surface area contributed by atoms with Crippen LogP contribution in [0.5, 0.6) is 0 Å². The summed E-state index contributed by atoms with van der Waals surface area (Å²) in [6.07, 6.45) is 1.03. The minimum Gasteiger partial charge on any atom is -0.360 e. The standard InChI is InChI=1S/C28H47F3N10O/c29-28(30,31)26-38-22(37-18-1-2-18)11-23(39-26)42-20-5-3-19(4-6-20)40-14-27(15-40,8-9-32)41-13-17(12-36-41)24-21-7-10-33-25(21)35-16-34-24/h17-26,33-39H,1-8,10-16H2. The van der Waals surface area contributed by atoms with Crippen LogP contribution in [-0.2, 0) is 4.74 Å². The van der Waals surface area contributed by atoms with Gasteiger partial charge in [-0.25, -0.2) is 5.01 Å². The number of hydrazine groups is 1. The molecule has 5 heterocycles. The second kappa shape index (κ2) is 12.0. The van der Waals surface area contributed by atoms with Crippen molar-refractivity contribution >= 4 is 0 Å². The van der Waals surface area contributed by atoms with Crippen LogP contribution in [0.15, 0.2) is 0 Å². The number of nitrogens with zero attached hydrogens (tertiary/aromatic N) is 3. The molecule has 0 spiro atoms. The lowest BCUT2D eigenvalue weighted by molar-refractivity contribution is -0.193. The first-order chi connectivity index (χ1) is 20.3. The van der Waals surface area contributed by atoms with E-state index in [0.29, 0.717) is 49.0 Å². The van der Waals surface area contributed by atoms with Crippen LogP contribution in [-0.4, -0.2) is 110 Å². The van der Waals surface area contributed by atoms with E-state index in [4.69, 9.17) is 4.74 Å². The number of halogens is 3. The van der Waals surface area contributed by atoms with Gasteiger partial charge in [-0.2, -0.15) is 18.4 Å². The summed E-state index contributed by atoms with van der Waals surface area (Å²) >= 11 is 0. The van der Waals surface area contributed by atoms with E-state index in [-0.39, 0.29) is 11.6 Å². The molecule has 0 aromatic heterocycles. The minimum atomic E-state index is -4.37. The van der Waals surface area contributed by atoms with Crippen LogP contribution in [0.1, 0.15) is 57.8 Å². The molecule has 42 heavy (non-hydrogen) atoms. The molecule has 7 unspecified atom stereocenters. The lowest BCUT2D eigenvalue weighted by Gasteiger charge is -2.57. The van der Waals surface area contributed by atoms with Crippen molar-refractivity contribution in [2.24, 2.45) is 11.8 Å². The molecule has 7 aliphatic rings. The Labute approximate surface area is 246 Å². The molecule has 0 aromatic carbocycles. The molecule has 0 aromatic rings. The van der Waals surface area contributed by atoms with Crippen molar-refractivity contribution < 1.29 is 17.9 Å². The highest BCUT2D eigenvalue weighted by molar-refractivity contribution is 5.11. The zero-order valence-electron chi connectivity index (χ0n) is 24.3. The summed E-state index contributed by atoms with van der Waals surface area (Å²) in [4.78, 5) is 2.51. The number of rotatable bonds is 8. The molecule has 0 radical (unpaired) electrons. The molecule has 5 aliphatic heterocycles. The van der Waals surface area contributed by atoms with Crippen molar-refractivity contribution in [3.8, 4) is 6.07 Å². The predicted octanol–water partition coefficient (Wildman–Crippen LogP) is 0.0487. The van der Waals surface area contributed by atoms with Crippen molar-refractivity contribution in [1.82, 2.24) is 47.2 Å². The van der Waals surface area contributed by atoms with Gasteiger partial charge in [-0.05, 0) is 51.5 Å². The molecule has 14 heteroatoms. The van der Waals surface area contributed by atoms with Crippen molar-refractivity contribution in [3.05, 3.63) is 0 Å². The van der Waals surface area contributed by atoms with E-state index in [9.17, 15) is 18.4 Å². The number of hydrogen-bond acceptors (Lipinski definition) is 11. The van der Waals surface area contributed by atoms with Gasteiger partial charge in [0.25, 0.3) is 0 Å². The number of likely N-dealkylation sites (tertiary alicyclic amines) is 1. The van der Waals surface area contributed by atoms with Crippen LogP contribution in [0.25, 0.3) is 0 Å². The highest BCUT2D eigenvalue weighted by Crippen LogP contribution is 2.39. The van der Waals surface area contributed by atoms with Gasteiger partial charge >= 0.3 is 6.18 Å². The average Bonchev–Trinajstić information content (AvgIpc) is 3.41. The summed E-state index contributed by atoms with van der Waals surface area (Å²) in [5.41, 5.74) is 3.52. The van der Waals surface area contributed by atoms with Crippen molar-refractivity contribution in [3.63, 3.8) is 0 Å². The summed E-state index contributed by atoms with van der Waals surface area (Å²) < 4.78 is 46.9. The highest BCUT2D eigenvalue weighted by Gasteiger charge is 2.53. The Bertz CT molecular complexity index is 980. The average molecular weight is 597 g/mol. The quantitative estimate of drug-likeness (QED) is 0.206. The first kappa shape index (κ1) is 29.6. The summed E-state index contributed by atoms with van der Waals surface area (Å²) in [6, 6.07) is 3.68. The van der Waals surface area contributed by atoms with E-state index < -0.39 is 24.7 Å². The Morgan fingerprint density at radius 2 is 1.81 bits per heavy atom. The first-order valence-corrected chi connectivity index (χ1v) is 16.1. The second-order valence-electron chi connectivity index (χ2n) is 13.8. The SMILES string of the molecule is N#CCC1(N2CC(C3NCNC4NCCC43)CN2)CN(C2CCC(OC3CC(NC4CC4)NC(C(F)(F)F)N3)CC2)C1. The van der Waals surface area contributed by atoms with Crippen LogP contribution < -0.4 is 37.3 Å². The number of nitrogens with one attached hydrogen (secondary N) is 7. The summed E-state index contributed by atoms with van der Waals surface area (Å²) in [5.74, 6) is 1.10. The zero-order chi connectivity index (χ0) is 28.9. The molecule has 236 valence electrons. The lowest BCUT2D eigenvalue weighted by Crippen LogP contribution is -2.73. The maximum absolute atomic E-state index is 13.6. The minimum absolute atomic E-state index is 0.0372. The van der Waals surface area contributed by atoms with E-state index in [2.05, 4.69) is 53.3 Å². The van der Waals surface area contributed by atoms with E-state index in [1.807, 2.05) is 0 Å². The fourth-order valence-electron chi connectivity index (χ4n) is 8.47. The van der Waals surface area contributed by atoms with Gasteiger partial charge in [-0.3, -0.25) is 31.6 Å². The fourth-order valence-corrected chi connectivity index (χ4v) is 8.47. The summed E-state index contributed by atoms with van der Waals surface area (Å²) in [7, 11) is 0. The number of fused-ring (bicyclic) bond motifs is 1. The molecular formula is C28H47F3N10O. The molecule has 0 bridgehead atoms. The molecule has 2 saturated carbocycles. The topological polar surface area (TPSA) is 124 Å². The Hall–Kier alpha value is -1.12. The van der Waals surface area contributed by atoms with Gasteiger partial charge in [-0.1, -0.05) is 0 Å². The van der Waals surface area contributed by atoms with Crippen molar-refractivity contribution in [2.45, 2.75) is 118 Å². The molecule has 2 aliphatic carbocycles. The maximum atomic E-state index is 13.6. The van der Waals surface area contributed by atoms with Gasteiger partial charge in [0.05, 0.1) is 36.5 Å². The molecule has 11 nitrogen and oxygen atoms in total. The monoisotopic (exact) mass is 596 g/mol. The summed E-state index contributed by atoms with van der Waals surface area (Å²) in [6.45, 7) is 5.53. The van der Waals surface area contributed by atoms with E-state index >= 15 is 0 Å². The molecule has 7 rings (SSSR count). The first-order valence-electron chi connectivity index (χ1n) is 16.1. The van der Waals surface area contributed by atoms with E-state index in [1.54, 1.807) is 0 Å². The predicted molar refractivity (Wildman–Crippen MR) is 149 cm³/mol. The van der Waals surface area contributed by atoms with Crippen LogP contribution in [0.4, 0.5) is 13.2 Å². The lowest BCUT2D eigenvalue weighted by atomic mass is 9.80. The third kappa shape index (κ3) is 6.20. The number of hydrogen-bond donors (Lipinski definition) is 7.